The van der Waals surface area contributed by atoms with E-state index in [1.807, 2.05) is 81.4 Å². The molecule has 1 N–H and O–H groups in total. The second kappa shape index (κ2) is 9.75. The van der Waals surface area contributed by atoms with Gasteiger partial charge in [-0.3, -0.25) is 0 Å². The van der Waals surface area contributed by atoms with Crippen molar-refractivity contribution >= 4 is 23.4 Å². The molecule has 31 heavy (non-hydrogen) atoms. The Kier molecular flexibility index (Phi) is 7.07. The van der Waals surface area contributed by atoms with Gasteiger partial charge in [0.25, 0.3) is 0 Å². The van der Waals surface area contributed by atoms with E-state index in [1.165, 1.54) is 18.4 Å². The lowest BCUT2D eigenvalue weighted by atomic mass is 10.1. The lowest BCUT2D eigenvalue weighted by Gasteiger charge is -2.23. The third-order valence-electron chi connectivity index (χ3n) is 4.33. The molecular weight excluding hydrogens is 412 g/mol. The maximum absolute atomic E-state index is 12.5. The number of carbonyl (C=O) groups excluding carboxylic acids is 2. The van der Waals surface area contributed by atoms with Crippen LogP contribution in [-0.2, 0) is 15.9 Å². The first kappa shape index (κ1) is 22.5. The average molecular weight is 439 g/mol. The van der Waals surface area contributed by atoms with Crippen LogP contribution in [0.2, 0.25) is 0 Å². The highest BCUT2D eigenvalue weighted by Gasteiger charge is 2.27. The molecule has 0 saturated heterocycles. The van der Waals surface area contributed by atoms with E-state index in [0.29, 0.717) is 16.3 Å². The molecule has 0 saturated carbocycles. The number of nitrogens with one attached hydrogen (secondary N) is 1. The Morgan fingerprint density at radius 3 is 2.23 bits per heavy atom. The van der Waals surface area contributed by atoms with E-state index < -0.39 is 23.7 Å². The van der Waals surface area contributed by atoms with Crippen LogP contribution in [0.1, 0.15) is 47.9 Å². The number of amides is 1. The van der Waals surface area contributed by atoms with E-state index in [2.05, 4.69) is 10.3 Å². The third kappa shape index (κ3) is 6.15. The highest BCUT2D eigenvalue weighted by molar-refractivity contribution is 7.15. The fourth-order valence-electron chi connectivity index (χ4n) is 3.01. The summed E-state index contributed by atoms with van der Waals surface area (Å²) in [7, 11) is 1.33. The standard InChI is InChI=1S/C24H26N2O4S/c1-24(2,3)30-23(28)25-18(15-16-11-7-5-8-12-16)21-26-19(22(27)29-4)20(31-21)17-13-9-6-10-14-17/h5-14,18H,15H2,1-4H3,(H,25,28)/t18-/m1/s1. The zero-order chi connectivity index (χ0) is 22.4. The number of benzene rings is 2. The van der Waals surface area contributed by atoms with Gasteiger partial charge in [0.1, 0.15) is 10.6 Å². The third-order valence-corrected chi connectivity index (χ3v) is 5.55. The van der Waals surface area contributed by atoms with Crippen LogP contribution in [0, 0.1) is 0 Å². The molecule has 1 heterocycles. The lowest BCUT2D eigenvalue weighted by Crippen LogP contribution is -2.35. The number of hydrogen-bond acceptors (Lipinski definition) is 6. The summed E-state index contributed by atoms with van der Waals surface area (Å²) in [4.78, 5) is 30.2. The SMILES string of the molecule is COC(=O)c1nc([C@@H](Cc2ccccc2)NC(=O)OC(C)(C)C)sc1-c1ccccc1. The Morgan fingerprint density at radius 1 is 1.03 bits per heavy atom. The molecule has 0 bridgehead atoms. The second-order valence-electron chi connectivity index (χ2n) is 7.98. The monoisotopic (exact) mass is 438 g/mol. The minimum Gasteiger partial charge on any atom is -0.464 e. The molecule has 3 rings (SSSR count). The smallest absolute Gasteiger partial charge is 0.408 e. The number of aromatic nitrogens is 1. The molecule has 0 aliphatic heterocycles. The number of methoxy groups -OCH3 is 1. The minimum atomic E-state index is -0.628. The van der Waals surface area contributed by atoms with E-state index in [4.69, 9.17) is 9.47 Å². The first-order valence-corrected chi connectivity index (χ1v) is 10.8. The molecule has 1 aromatic heterocycles. The Labute approximate surface area is 186 Å². The van der Waals surface area contributed by atoms with Crippen LogP contribution >= 0.6 is 11.3 Å². The number of carbonyl (C=O) groups is 2. The number of hydrogen-bond donors (Lipinski definition) is 1. The van der Waals surface area contributed by atoms with Crippen molar-refractivity contribution in [1.82, 2.24) is 10.3 Å². The first-order chi connectivity index (χ1) is 14.8. The van der Waals surface area contributed by atoms with Gasteiger partial charge in [0.05, 0.1) is 18.0 Å². The van der Waals surface area contributed by atoms with E-state index in [1.54, 1.807) is 0 Å². The Hall–Kier alpha value is -3.19. The molecule has 0 unspecified atom stereocenters. The van der Waals surface area contributed by atoms with E-state index in [9.17, 15) is 9.59 Å². The molecule has 2 aromatic carbocycles. The molecule has 7 heteroatoms. The number of rotatable bonds is 6. The van der Waals surface area contributed by atoms with Crippen molar-refractivity contribution in [2.75, 3.05) is 7.11 Å². The highest BCUT2D eigenvalue weighted by atomic mass is 32.1. The molecule has 0 fully saturated rings. The zero-order valence-electron chi connectivity index (χ0n) is 18.0. The molecule has 0 aliphatic rings. The van der Waals surface area contributed by atoms with Crippen LogP contribution in [-0.4, -0.2) is 29.8 Å². The van der Waals surface area contributed by atoms with Gasteiger partial charge in [0.15, 0.2) is 5.69 Å². The van der Waals surface area contributed by atoms with Crippen LogP contribution in [0.15, 0.2) is 60.7 Å². The molecule has 0 spiro atoms. The van der Waals surface area contributed by atoms with Crippen LogP contribution in [0.25, 0.3) is 10.4 Å². The van der Waals surface area contributed by atoms with Crippen molar-refractivity contribution in [3.05, 3.63) is 76.9 Å². The Morgan fingerprint density at radius 2 is 1.65 bits per heavy atom. The summed E-state index contributed by atoms with van der Waals surface area (Å²) in [5.41, 5.74) is 1.50. The maximum atomic E-state index is 12.5. The fraction of sp³-hybridized carbons (Fsp3) is 0.292. The van der Waals surface area contributed by atoms with Gasteiger partial charge in [0.2, 0.25) is 0 Å². The number of nitrogens with zero attached hydrogens (tertiary/aromatic N) is 1. The summed E-state index contributed by atoms with van der Waals surface area (Å²) in [6.45, 7) is 5.43. The van der Waals surface area contributed by atoms with Gasteiger partial charge in [-0.05, 0) is 38.3 Å². The van der Waals surface area contributed by atoms with Gasteiger partial charge >= 0.3 is 12.1 Å². The largest absolute Gasteiger partial charge is 0.464 e. The molecule has 3 aromatic rings. The topological polar surface area (TPSA) is 77.5 Å². The normalized spacial score (nSPS) is 12.1. The molecular formula is C24H26N2O4S. The Bertz CT molecular complexity index is 1030. The van der Waals surface area contributed by atoms with Gasteiger partial charge in [-0.15, -0.1) is 11.3 Å². The summed E-state index contributed by atoms with van der Waals surface area (Å²) in [6, 6.07) is 18.8. The lowest BCUT2D eigenvalue weighted by molar-refractivity contribution is 0.0503. The highest BCUT2D eigenvalue weighted by Crippen LogP contribution is 2.34. The summed E-state index contributed by atoms with van der Waals surface area (Å²) >= 11 is 1.36. The van der Waals surface area contributed by atoms with Crippen molar-refractivity contribution in [2.45, 2.75) is 38.8 Å². The molecule has 6 nitrogen and oxygen atoms in total. The zero-order valence-corrected chi connectivity index (χ0v) is 18.9. The summed E-state index contributed by atoms with van der Waals surface area (Å²) in [6.07, 6.45) is -0.0351. The van der Waals surface area contributed by atoms with Crippen molar-refractivity contribution in [3.8, 4) is 10.4 Å². The van der Waals surface area contributed by atoms with Gasteiger partial charge < -0.3 is 14.8 Å². The van der Waals surface area contributed by atoms with E-state index in [0.717, 1.165) is 11.1 Å². The van der Waals surface area contributed by atoms with Gasteiger partial charge in [0, 0.05) is 0 Å². The van der Waals surface area contributed by atoms with Crippen molar-refractivity contribution < 1.29 is 19.1 Å². The molecule has 1 atom stereocenters. The minimum absolute atomic E-state index is 0.234. The van der Waals surface area contributed by atoms with E-state index in [-0.39, 0.29) is 5.69 Å². The maximum Gasteiger partial charge on any atom is 0.408 e. The second-order valence-corrected chi connectivity index (χ2v) is 9.01. The summed E-state index contributed by atoms with van der Waals surface area (Å²) in [5.74, 6) is -0.517. The first-order valence-electron chi connectivity index (χ1n) is 9.94. The van der Waals surface area contributed by atoms with Crippen LogP contribution in [0.5, 0.6) is 0 Å². The summed E-state index contributed by atoms with van der Waals surface area (Å²) < 4.78 is 10.4. The summed E-state index contributed by atoms with van der Waals surface area (Å²) in [5, 5.41) is 3.53. The van der Waals surface area contributed by atoms with Crippen LogP contribution in [0.3, 0.4) is 0 Å². The molecule has 0 aliphatic carbocycles. The van der Waals surface area contributed by atoms with Gasteiger partial charge in [-0.1, -0.05) is 60.7 Å². The van der Waals surface area contributed by atoms with Crippen molar-refractivity contribution in [3.63, 3.8) is 0 Å². The molecule has 162 valence electrons. The number of thiazole rings is 1. The van der Waals surface area contributed by atoms with Crippen molar-refractivity contribution in [2.24, 2.45) is 0 Å². The van der Waals surface area contributed by atoms with Crippen LogP contribution < -0.4 is 5.32 Å². The quantitative estimate of drug-likeness (QED) is 0.521. The van der Waals surface area contributed by atoms with Gasteiger partial charge in [-0.25, -0.2) is 14.6 Å². The number of alkyl carbamates (subject to hydrolysis) is 1. The Balaban J connectivity index is 2.00. The molecule has 1 amide bonds. The predicted octanol–water partition coefficient (Wildman–Crippen LogP) is 5.41. The van der Waals surface area contributed by atoms with Crippen LogP contribution in [0.4, 0.5) is 4.79 Å². The van der Waals surface area contributed by atoms with Gasteiger partial charge in [-0.2, -0.15) is 0 Å². The predicted molar refractivity (Wildman–Crippen MR) is 121 cm³/mol. The van der Waals surface area contributed by atoms with Crippen molar-refractivity contribution in [1.29, 1.82) is 0 Å². The number of esters is 1. The average Bonchev–Trinajstić information content (AvgIpc) is 3.18. The fourth-order valence-corrected chi connectivity index (χ4v) is 4.12. The number of ether oxygens (including phenoxy) is 2. The van der Waals surface area contributed by atoms with E-state index >= 15 is 0 Å². The molecule has 0 radical (unpaired) electrons.